The monoisotopic (exact) mass is 459 g/mol. The summed E-state index contributed by atoms with van der Waals surface area (Å²) in [5.41, 5.74) is 6.55. The Kier molecular flexibility index (Phi) is 3.23. The van der Waals surface area contributed by atoms with Crippen molar-refractivity contribution in [1.29, 1.82) is 0 Å². The third kappa shape index (κ3) is 2.22. The molecule has 9 aromatic rings. The molecule has 0 aliphatic rings. The molecule has 0 saturated heterocycles. The van der Waals surface area contributed by atoms with Gasteiger partial charge in [-0.25, -0.2) is 15.0 Å². The zero-order valence-electron chi connectivity index (χ0n) is 19.1. The van der Waals surface area contributed by atoms with Crippen molar-refractivity contribution in [2.24, 2.45) is 0 Å². The van der Waals surface area contributed by atoms with Crippen LogP contribution < -0.4 is 0 Å². The Bertz CT molecular complexity index is 2310. The van der Waals surface area contributed by atoms with Crippen LogP contribution >= 0.6 is 0 Å². The Morgan fingerprint density at radius 3 is 1.94 bits per heavy atom. The lowest BCUT2D eigenvalue weighted by Crippen LogP contribution is -1.88. The second-order valence-electron chi connectivity index (χ2n) is 9.45. The van der Waals surface area contributed by atoms with Crippen molar-refractivity contribution >= 4 is 65.7 Å². The van der Waals surface area contributed by atoms with Gasteiger partial charge in [0, 0.05) is 28.7 Å². The van der Waals surface area contributed by atoms with Gasteiger partial charge in [-0.3, -0.25) is 8.80 Å². The molecule has 9 rings (SSSR count). The van der Waals surface area contributed by atoms with Gasteiger partial charge in [-0.2, -0.15) is 0 Å². The summed E-state index contributed by atoms with van der Waals surface area (Å²) in [5.74, 6) is 1.65. The highest BCUT2D eigenvalue weighted by Crippen LogP contribution is 2.40. The van der Waals surface area contributed by atoms with Crippen LogP contribution in [0.2, 0.25) is 0 Å². The van der Waals surface area contributed by atoms with Gasteiger partial charge < -0.3 is 0 Å². The summed E-state index contributed by atoms with van der Waals surface area (Å²) in [6.45, 7) is 0. The van der Waals surface area contributed by atoms with Crippen LogP contribution in [0.15, 0.2) is 103 Å². The minimum Gasteiger partial charge on any atom is -0.277 e. The minimum absolute atomic E-state index is 0.723. The van der Waals surface area contributed by atoms with Crippen LogP contribution in [0.25, 0.3) is 77.1 Å². The maximum absolute atomic E-state index is 5.18. The van der Waals surface area contributed by atoms with Crippen LogP contribution in [0.1, 0.15) is 0 Å². The Morgan fingerprint density at radius 2 is 1.19 bits per heavy atom. The Hall–Kier alpha value is -5.03. The molecule has 5 heteroatoms. The fourth-order valence-corrected chi connectivity index (χ4v) is 5.90. The topological polar surface area (TPSA) is 47.5 Å². The van der Waals surface area contributed by atoms with E-state index in [-0.39, 0.29) is 0 Å². The van der Waals surface area contributed by atoms with Crippen molar-refractivity contribution in [2.75, 3.05) is 0 Å². The summed E-state index contributed by atoms with van der Waals surface area (Å²) < 4.78 is 4.62. The standard InChI is InChI=1S/C31H17N5/c1-3-8-20-15-26-23(12-18(20)6-1)24-13-22(30-32-10-5-11-33-30)17-28-29(24)36(26)31-34-25-14-19-7-2-4-9-21(19)16-27(25)35(28)31/h1-17H. The number of aromatic nitrogens is 5. The lowest BCUT2D eigenvalue weighted by atomic mass is 10.0. The van der Waals surface area contributed by atoms with Gasteiger partial charge in [-0.15, -0.1) is 0 Å². The van der Waals surface area contributed by atoms with E-state index < -0.39 is 0 Å². The van der Waals surface area contributed by atoms with Gasteiger partial charge in [0.15, 0.2) is 5.82 Å². The molecular weight excluding hydrogens is 442 g/mol. The fourth-order valence-electron chi connectivity index (χ4n) is 5.90. The lowest BCUT2D eigenvalue weighted by Gasteiger charge is -2.04. The highest BCUT2D eigenvalue weighted by Gasteiger charge is 2.23. The van der Waals surface area contributed by atoms with E-state index in [9.17, 15) is 0 Å². The van der Waals surface area contributed by atoms with Crippen LogP contribution in [-0.2, 0) is 0 Å². The van der Waals surface area contributed by atoms with Crippen molar-refractivity contribution in [3.8, 4) is 11.4 Å². The van der Waals surface area contributed by atoms with E-state index >= 15 is 0 Å². The van der Waals surface area contributed by atoms with Crippen LogP contribution in [0.3, 0.4) is 0 Å². The molecule has 0 radical (unpaired) electrons. The zero-order chi connectivity index (χ0) is 23.4. The van der Waals surface area contributed by atoms with Gasteiger partial charge in [0.1, 0.15) is 0 Å². The lowest BCUT2D eigenvalue weighted by molar-refractivity contribution is 1.18. The molecule has 4 aromatic heterocycles. The van der Waals surface area contributed by atoms with Gasteiger partial charge in [0.05, 0.1) is 27.6 Å². The second-order valence-corrected chi connectivity index (χ2v) is 9.45. The molecule has 0 bridgehead atoms. The summed E-state index contributed by atoms with van der Waals surface area (Å²) in [4.78, 5) is 14.3. The van der Waals surface area contributed by atoms with Crippen LogP contribution in [0.5, 0.6) is 0 Å². The fraction of sp³-hybridized carbons (Fsp3) is 0. The molecule has 0 saturated carbocycles. The number of nitrogens with zero attached hydrogens (tertiary/aromatic N) is 5. The van der Waals surface area contributed by atoms with Gasteiger partial charge >= 0.3 is 0 Å². The average molecular weight is 460 g/mol. The zero-order valence-corrected chi connectivity index (χ0v) is 19.1. The van der Waals surface area contributed by atoms with Crippen LogP contribution in [0.4, 0.5) is 0 Å². The quantitative estimate of drug-likeness (QED) is 0.260. The van der Waals surface area contributed by atoms with E-state index in [1.54, 1.807) is 12.4 Å². The molecule has 0 aliphatic heterocycles. The molecule has 36 heavy (non-hydrogen) atoms. The Labute approximate surface area is 204 Å². The van der Waals surface area contributed by atoms with E-state index in [2.05, 4.69) is 104 Å². The highest BCUT2D eigenvalue weighted by molar-refractivity contribution is 6.19. The molecule has 0 fully saturated rings. The van der Waals surface area contributed by atoms with Crippen molar-refractivity contribution in [2.45, 2.75) is 0 Å². The maximum Gasteiger partial charge on any atom is 0.220 e. The first-order valence-corrected chi connectivity index (χ1v) is 12.0. The molecule has 5 aromatic carbocycles. The van der Waals surface area contributed by atoms with Crippen molar-refractivity contribution in [3.05, 3.63) is 103 Å². The number of hydrogen-bond acceptors (Lipinski definition) is 3. The van der Waals surface area contributed by atoms with E-state index in [0.29, 0.717) is 0 Å². The minimum atomic E-state index is 0.723. The predicted octanol–water partition coefficient (Wildman–Crippen LogP) is 7.25. The third-order valence-corrected chi connectivity index (χ3v) is 7.48. The molecule has 0 N–H and O–H groups in total. The van der Waals surface area contributed by atoms with Crippen LogP contribution in [0, 0.1) is 0 Å². The summed E-state index contributed by atoms with van der Waals surface area (Å²) in [5, 5.41) is 7.26. The molecule has 5 nitrogen and oxygen atoms in total. The maximum atomic E-state index is 5.18. The first-order valence-electron chi connectivity index (χ1n) is 12.0. The molecule has 0 amide bonds. The SMILES string of the molecule is c1cnc(-c2cc3c4cc5ccccc5cc4n4c3c(c2)n2c3cc5ccccc5cc3nc24)nc1. The molecule has 0 atom stereocenters. The van der Waals surface area contributed by atoms with Gasteiger partial charge in [0.25, 0.3) is 0 Å². The molecule has 0 aliphatic carbocycles. The number of benzene rings is 5. The average Bonchev–Trinajstić information content (AvgIpc) is 3.55. The summed E-state index contributed by atoms with van der Waals surface area (Å²) >= 11 is 0. The van der Waals surface area contributed by atoms with E-state index in [1.165, 1.54) is 37.8 Å². The van der Waals surface area contributed by atoms with E-state index in [0.717, 1.165) is 39.2 Å². The Balaban J connectivity index is 1.56. The first-order chi connectivity index (χ1) is 17.8. The molecule has 0 unspecified atom stereocenters. The number of imidazole rings is 2. The summed E-state index contributed by atoms with van der Waals surface area (Å²) in [6.07, 6.45) is 3.60. The van der Waals surface area contributed by atoms with Gasteiger partial charge in [-0.05, 0) is 64.0 Å². The number of rotatable bonds is 1. The normalized spacial score (nSPS) is 12.4. The molecular formula is C31H17N5. The number of hydrogen-bond donors (Lipinski definition) is 0. The second kappa shape index (κ2) is 6.34. The third-order valence-electron chi connectivity index (χ3n) is 7.48. The van der Waals surface area contributed by atoms with E-state index in [1.807, 2.05) is 6.07 Å². The smallest absolute Gasteiger partial charge is 0.220 e. The van der Waals surface area contributed by atoms with Crippen molar-refractivity contribution < 1.29 is 0 Å². The molecule has 166 valence electrons. The summed E-state index contributed by atoms with van der Waals surface area (Å²) in [7, 11) is 0. The summed E-state index contributed by atoms with van der Waals surface area (Å²) in [6, 6.07) is 32.3. The van der Waals surface area contributed by atoms with E-state index in [4.69, 9.17) is 4.98 Å². The van der Waals surface area contributed by atoms with Crippen molar-refractivity contribution in [3.63, 3.8) is 0 Å². The highest BCUT2D eigenvalue weighted by atomic mass is 15.2. The first kappa shape index (κ1) is 18.3. The Morgan fingerprint density at radius 1 is 0.528 bits per heavy atom. The molecule has 4 heterocycles. The van der Waals surface area contributed by atoms with Gasteiger partial charge in [0.2, 0.25) is 5.78 Å². The predicted molar refractivity (Wildman–Crippen MR) is 146 cm³/mol. The van der Waals surface area contributed by atoms with Crippen LogP contribution in [-0.4, -0.2) is 23.8 Å². The largest absolute Gasteiger partial charge is 0.277 e. The molecule has 0 spiro atoms. The van der Waals surface area contributed by atoms with Crippen molar-refractivity contribution in [1.82, 2.24) is 23.8 Å². The van der Waals surface area contributed by atoms with Gasteiger partial charge in [-0.1, -0.05) is 48.5 Å². The number of fused-ring (bicyclic) bond motifs is 10.